The fourth-order valence-electron chi connectivity index (χ4n) is 2.03. The Labute approximate surface area is 115 Å². The molecule has 0 radical (unpaired) electrons. The van der Waals surface area contributed by atoms with Crippen LogP contribution in [0.5, 0.6) is 0 Å². The molecule has 102 valence electrons. The van der Waals surface area contributed by atoms with Gasteiger partial charge in [-0.1, -0.05) is 44.2 Å². The zero-order valence-corrected chi connectivity index (χ0v) is 11.9. The van der Waals surface area contributed by atoms with E-state index in [9.17, 15) is 0 Å². The number of hydrogen-bond acceptors (Lipinski definition) is 2. The van der Waals surface area contributed by atoms with Crippen molar-refractivity contribution in [3.63, 3.8) is 0 Å². The first-order chi connectivity index (χ1) is 9.25. The molecular formula is C17H23NO. The second-order valence-corrected chi connectivity index (χ2v) is 5.31. The summed E-state index contributed by atoms with van der Waals surface area (Å²) in [5.41, 5.74) is 1.18. The minimum Gasteiger partial charge on any atom is -0.385 e. The Hall–Kier alpha value is -1.54. The molecule has 1 N–H and O–H groups in total. The van der Waals surface area contributed by atoms with Gasteiger partial charge in [0.05, 0.1) is 0 Å². The van der Waals surface area contributed by atoms with Gasteiger partial charge in [-0.3, -0.25) is 0 Å². The number of rotatable bonds is 7. The van der Waals surface area contributed by atoms with Gasteiger partial charge in [0.1, 0.15) is 0 Å². The Morgan fingerprint density at radius 3 is 2.63 bits per heavy atom. The molecule has 2 rings (SSSR count). The molecule has 0 bridgehead atoms. The molecule has 2 aromatic rings. The van der Waals surface area contributed by atoms with Gasteiger partial charge in [-0.25, -0.2) is 0 Å². The zero-order chi connectivity index (χ0) is 13.5. The monoisotopic (exact) mass is 257 g/mol. The van der Waals surface area contributed by atoms with Gasteiger partial charge >= 0.3 is 0 Å². The van der Waals surface area contributed by atoms with Gasteiger partial charge in [0, 0.05) is 25.4 Å². The maximum absolute atomic E-state index is 5.56. The van der Waals surface area contributed by atoms with Crippen molar-refractivity contribution in [2.75, 3.05) is 25.1 Å². The van der Waals surface area contributed by atoms with E-state index in [1.165, 1.54) is 16.5 Å². The number of ether oxygens (including phenoxy) is 1. The first-order valence-electron chi connectivity index (χ1n) is 7.06. The molecule has 0 saturated heterocycles. The van der Waals surface area contributed by atoms with Crippen LogP contribution in [0.25, 0.3) is 10.8 Å². The number of fused-ring (bicyclic) bond motifs is 1. The summed E-state index contributed by atoms with van der Waals surface area (Å²) in [5, 5.41) is 6.01. The van der Waals surface area contributed by atoms with Crippen LogP contribution in [0.4, 0.5) is 5.69 Å². The van der Waals surface area contributed by atoms with Gasteiger partial charge in [-0.2, -0.15) is 0 Å². The van der Waals surface area contributed by atoms with Crippen molar-refractivity contribution >= 4 is 16.5 Å². The van der Waals surface area contributed by atoms with Gasteiger partial charge < -0.3 is 10.1 Å². The van der Waals surface area contributed by atoms with E-state index in [2.05, 4.69) is 61.6 Å². The van der Waals surface area contributed by atoms with Crippen molar-refractivity contribution in [2.45, 2.75) is 20.3 Å². The van der Waals surface area contributed by atoms with E-state index >= 15 is 0 Å². The van der Waals surface area contributed by atoms with E-state index < -0.39 is 0 Å². The van der Waals surface area contributed by atoms with Crippen molar-refractivity contribution in [2.24, 2.45) is 5.92 Å². The van der Waals surface area contributed by atoms with Crippen molar-refractivity contribution in [1.29, 1.82) is 0 Å². The summed E-state index contributed by atoms with van der Waals surface area (Å²) in [6, 6.07) is 14.9. The molecule has 0 saturated carbocycles. The van der Waals surface area contributed by atoms with Crippen molar-refractivity contribution in [3.05, 3.63) is 42.5 Å². The summed E-state index contributed by atoms with van der Waals surface area (Å²) in [7, 11) is 0. The third-order valence-electron chi connectivity index (χ3n) is 3.00. The number of hydrogen-bond donors (Lipinski definition) is 1. The maximum atomic E-state index is 5.56. The Morgan fingerprint density at radius 1 is 1.05 bits per heavy atom. The van der Waals surface area contributed by atoms with Crippen LogP contribution >= 0.6 is 0 Å². The minimum absolute atomic E-state index is 0.619. The summed E-state index contributed by atoms with van der Waals surface area (Å²) < 4.78 is 5.56. The van der Waals surface area contributed by atoms with Gasteiger partial charge in [-0.15, -0.1) is 0 Å². The van der Waals surface area contributed by atoms with E-state index in [1.54, 1.807) is 0 Å². The van der Waals surface area contributed by atoms with E-state index in [-0.39, 0.29) is 0 Å². The molecule has 0 atom stereocenters. The molecule has 2 heteroatoms. The van der Waals surface area contributed by atoms with E-state index in [0.717, 1.165) is 26.2 Å². The highest BCUT2D eigenvalue weighted by molar-refractivity contribution is 5.85. The smallest absolute Gasteiger partial charge is 0.0489 e. The summed E-state index contributed by atoms with van der Waals surface area (Å²) >= 11 is 0. The molecule has 2 aromatic carbocycles. The van der Waals surface area contributed by atoms with Gasteiger partial charge in [-0.05, 0) is 35.2 Å². The SMILES string of the molecule is CC(C)COCCCNc1ccc2ccccc2c1. The summed E-state index contributed by atoms with van der Waals surface area (Å²) in [6.07, 6.45) is 1.04. The number of anilines is 1. The highest BCUT2D eigenvalue weighted by Crippen LogP contribution is 2.18. The molecule has 19 heavy (non-hydrogen) atoms. The van der Waals surface area contributed by atoms with Crippen molar-refractivity contribution in [3.8, 4) is 0 Å². The third kappa shape index (κ3) is 4.56. The van der Waals surface area contributed by atoms with E-state index in [4.69, 9.17) is 4.74 Å². The average molecular weight is 257 g/mol. The van der Waals surface area contributed by atoms with Crippen LogP contribution < -0.4 is 5.32 Å². The summed E-state index contributed by atoms with van der Waals surface area (Å²) in [4.78, 5) is 0. The van der Waals surface area contributed by atoms with Crippen LogP contribution in [-0.2, 0) is 4.74 Å². The average Bonchev–Trinajstić information content (AvgIpc) is 2.42. The lowest BCUT2D eigenvalue weighted by molar-refractivity contribution is 0.110. The predicted octanol–water partition coefficient (Wildman–Crippen LogP) is 4.31. The van der Waals surface area contributed by atoms with Crippen molar-refractivity contribution in [1.82, 2.24) is 0 Å². The standard InChI is InChI=1S/C17H23NO/c1-14(2)13-19-11-5-10-18-17-9-8-15-6-3-4-7-16(15)12-17/h3-4,6-9,12,14,18H,5,10-11,13H2,1-2H3. The molecule has 0 aliphatic rings. The summed E-state index contributed by atoms with van der Waals surface area (Å²) in [5.74, 6) is 0.619. The molecule has 0 unspecified atom stereocenters. The van der Waals surface area contributed by atoms with Crippen LogP contribution in [-0.4, -0.2) is 19.8 Å². The van der Waals surface area contributed by atoms with Crippen LogP contribution in [0.1, 0.15) is 20.3 Å². The van der Waals surface area contributed by atoms with Crippen LogP contribution in [0.2, 0.25) is 0 Å². The van der Waals surface area contributed by atoms with Gasteiger partial charge in [0.15, 0.2) is 0 Å². The van der Waals surface area contributed by atoms with Crippen LogP contribution in [0, 0.1) is 5.92 Å². The topological polar surface area (TPSA) is 21.3 Å². The molecule has 0 aliphatic carbocycles. The highest BCUT2D eigenvalue weighted by Gasteiger charge is 1.96. The number of benzene rings is 2. The third-order valence-corrected chi connectivity index (χ3v) is 3.00. The molecule has 0 fully saturated rings. The second kappa shape index (κ2) is 7.15. The van der Waals surface area contributed by atoms with Crippen molar-refractivity contribution < 1.29 is 4.74 Å². The lowest BCUT2D eigenvalue weighted by Crippen LogP contribution is -2.08. The van der Waals surface area contributed by atoms with E-state index in [0.29, 0.717) is 5.92 Å². The molecule has 0 spiro atoms. The van der Waals surface area contributed by atoms with E-state index in [1.807, 2.05) is 0 Å². The fraction of sp³-hybridized carbons (Fsp3) is 0.412. The molecular weight excluding hydrogens is 234 g/mol. The lowest BCUT2D eigenvalue weighted by atomic mass is 10.1. The largest absolute Gasteiger partial charge is 0.385 e. The quantitative estimate of drug-likeness (QED) is 0.746. The predicted molar refractivity (Wildman–Crippen MR) is 82.7 cm³/mol. The van der Waals surface area contributed by atoms with Gasteiger partial charge in [0.2, 0.25) is 0 Å². The zero-order valence-electron chi connectivity index (χ0n) is 11.9. The second-order valence-electron chi connectivity index (χ2n) is 5.31. The Bertz CT molecular complexity index is 507. The molecule has 0 heterocycles. The highest BCUT2D eigenvalue weighted by atomic mass is 16.5. The molecule has 0 aliphatic heterocycles. The maximum Gasteiger partial charge on any atom is 0.0489 e. The summed E-state index contributed by atoms with van der Waals surface area (Å²) in [6.45, 7) is 6.99. The minimum atomic E-state index is 0.619. The Morgan fingerprint density at radius 2 is 1.84 bits per heavy atom. The first-order valence-corrected chi connectivity index (χ1v) is 7.06. The Kier molecular flexibility index (Phi) is 5.22. The fourth-order valence-corrected chi connectivity index (χ4v) is 2.03. The molecule has 0 aromatic heterocycles. The van der Waals surface area contributed by atoms with Gasteiger partial charge in [0.25, 0.3) is 0 Å². The van der Waals surface area contributed by atoms with Crippen LogP contribution in [0.3, 0.4) is 0 Å². The van der Waals surface area contributed by atoms with Crippen LogP contribution in [0.15, 0.2) is 42.5 Å². The normalized spacial score (nSPS) is 11.1. The molecule has 0 amide bonds. The first kappa shape index (κ1) is 13.9. The molecule has 2 nitrogen and oxygen atoms in total. The Balaban J connectivity index is 1.75. The lowest BCUT2D eigenvalue weighted by Gasteiger charge is -2.09. The number of nitrogens with one attached hydrogen (secondary N) is 1.